The number of ketones is 1. The van der Waals surface area contributed by atoms with Gasteiger partial charge in [-0.15, -0.1) is 0 Å². The number of amides is 2. The second-order valence-corrected chi connectivity index (χ2v) is 6.70. The molecule has 1 aliphatic carbocycles. The van der Waals surface area contributed by atoms with Gasteiger partial charge >= 0.3 is 0 Å². The summed E-state index contributed by atoms with van der Waals surface area (Å²) in [5.41, 5.74) is 6.34. The van der Waals surface area contributed by atoms with Crippen molar-refractivity contribution in [3.05, 3.63) is 48.0 Å². The minimum atomic E-state index is -0.780. The first-order valence-electron chi connectivity index (χ1n) is 8.61. The fourth-order valence-electron chi connectivity index (χ4n) is 3.52. The van der Waals surface area contributed by atoms with E-state index in [9.17, 15) is 14.4 Å². The number of hydrogen-bond donors (Lipinski definition) is 2. The maximum Gasteiger partial charge on any atom is 0.240 e. The SMILES string of the molecule is NC(=O)[C@H](NC(=O)Cc1ccc2ccccc2c1)[C@@H]1CCCC(=O)C1. The Morgan fingerprint density at radius 1 is 1.16 bits per heavy atom. The maximum absolute atomic E-state index is 12.4. The van der Waals surface area contributed by atoms with Gasteiger partial charge in [0.1, 0.15) is 11.8 Å². The molecule has 2 atom stereocenters. The van der Waals surface area contributed by atoms with Gasteiger partial charge in [-0.05, 0) is 35.1 Å². The van der Waals surface area contributed by atoms with Gasteiger partial charge in [-0.25, -0.2) is 0 Å². The molecule has 0 heterocycles. The molecule has 0 saturated heterocycles. The number of rotatable bonds is 5. The topological polar surface area (TPSA) is 89.3 Å². The van der Waals surface area contributed by atoms with Gasteiger partial charge in [-0.3, -0.25) is 14.4 Å². The highest BCUT2D eigenvalue weighted by Gasteiger charge is 2.32. The molecule has 2 aromatic rings. The average molecular weight is 338 g/mol. The number of Topliss-reactive ketones (excluding diaryl/α,β-unsaturated/α-hetero) is 1. The lowest BCUT2D eigenvalue weighted by molar-refractivity contribution is -0.130. The van der Waals surface area contributed by atoms with Crippen molar-refractivity contribution in [3.8, 4) is 0 Å². The van der Waals surface area contributed by atoms with E-state index in [2.05, 4.69) is 5.32 Å². The lowest BCUT2D eigenvalue weighted by Gasteiger charge is -2.28. The number of primary amides is 1. The summed E-state index contributed by atoms with van der Waals surface area (Å²) in [6, 6.07) is 13.0. The Kier molecular flexibility index (Phi) is 5.12. The highest BCUT2D eigenvalue weighted by Crippen LogP contribution is 2.24. The number of nitrogens with two attached hydrogens (primary N) is 1. The Morgan fingerprint density at radius 2 is 1.92 bits per heavy atom. The average Bonchev–Trinajstić information content (AvgIpc) is 2.59. The van der Waals surface area contributed by atoms with Crippen LogP contribution in [0.1, 0.15) is 31.2 Å². The molecule has 2 amide bonds. The van der Waals surface area contributed by atoms with Crippen LogP contribution >= 0.6 is 0 Å². The van der Waals surface area contributed by atoms with Crippen molar-refractivity contribution < 1.29 is 14.4 Å². The van der Waals surface area contributed by atoms with Crippen molar-refractivity contribution in [2.24, 2.45) is 11.7 Å². The van der Waals surface area contributed by atoms with Gasteiger partial charge in [0.25, 0.3) is 0 Å². The van der Waals surface area contributed by atoms with E-state index in [0.717, 1.165) is 29.2 Å². The van der Waals surface area contributed by atoms with Crippen LogP contribution in [0.5, 0.6) is 0 Å². The molecule has 0 bridgehead atoms. The Bertz CT molecular complexity index is 815. The largest absolute Gasteiger partial charge is 0.368 e. The van der Waals surface area contributed by atoms with Crippen molar-refractivity contribution in [3.63, 3.8) is 0 Å². The molecule has 25 heavy (non-hydrogen) atoms. The molecule has 130 valence electrons. The van der Waals surface area contributed by atoms with Crippen molar-refractivity contribution >= 4 is 28.4 Å². The summed E-state index contributed by atoms with van der Waals surface area (Å²) in [5, 5.41) is 4.92. The first-order valence-corrected chi connectivity index (χ1v) is 8.61. The van der Waals surface area contributed by atoms with Crippen LogP contribution in [0.2, 0.25) is 0 Å². The van der Waals surface area contributed by atoms with Gasteiger partial charge in [-0.1, -0.05) is 42.5 Å². The molecule has 5 heteroatoms. The first kappa shape index (κ1) is 17.1. The molecule has 2 aromatic carbocycles. The van der Waals surface area contributed by atoms with Crippen molar-refractivity contribution in [1.29, 1.82) is 0 Å². The molecular formula is C20H22N2O3. The summed E-state index contributed by atoms with van der Waals surface area (Å²) in [4.78, 5) is 35.8. The van der Waals surface area contributed by atoms with Gasteiger partial charge in [-0.2, -0.15) is 0 Å². The number of carbonyl (C=O) groups is 3. The third-order valence-electron chi connectivity index (χ3n) is 4.79. The predicted molar refractivity (Wildman–Crippen MR) is 95.7 cm³/mol. The van der Waals surface area contributed by atoms with Crippen LogP contribution in [0.4, 0.5) is 0 Å². The molecule has 1 fully saturated rings. The van der Waals surface area contributed by atoms with Gasteiger partial charge in [0.15, 0.2) is 0 Å². The zero-order valence-corrected chi connectivity index (χ0v) is 14.0. The fourth-order valence-corrected chi connectivity index (χ4v) is 3.52. The molecule has 5 nitrogen and oxygen atoms in total. The van der Waals surface area contributed by atoms with E-state index < -0.39 is 11.9 Å². The van der Waals surface area contributed by atoms with Crippen LogP contribution in [0.15, 0.2) is 42.5 Å². The summed E-state index contributed by atoms with van der Waals surface area (Å²) >= 11 is 0. The molecule has 0 aromatic heterocycles. The summed E-state index contributed by atoms with van der Waals surface area (Å²) in [6.45, 7) is 0. The molecule has 0 radical (unpaired) electrons. The van der Waals surface area contributed by atoms with Crippen LogP contribution in [0.3, 0.4) is 0 Å². The van der Waals surface area contributed by atoms with E-state index in [0.29, 0.717) is 12.8 Å². The van der Waals surface area contributed by atoms with Gasteiger partial charge in [0.05, 0.1) is 6.42 Å². The number of carbonyl (C=O) groups excluding carboxylic acids is 3. The van der Waals surface area contributed by atoms with Crippen molar-refractivity contribution in [2.75, 3.05) is 0 Å². The van der Waals surface area contributed by atoms with Crippen LogP contribution in [-0.2, 0) is 20.8 Å². The fraction of sp³-hybridized carbons (Fsp3) is 0.350. The molecule has 3 N–H and O–H groups in total. The molecule has 3 rings (SSSR count). The molecule has 0 aliphatic heterocycles. The van der Waals surface area contributed by atoms with Crippen molar-refractivity contribution in [2.45, 2.75) is 38.1 Å². The zero-order chi connectivity index (χ0) is 17.8. The highest BCUT2D eigenvalue weighted by atomic mass is 16.2. The monoisotopic (exact) mass is 338 g/mol. The number of nitrogens with one attached hydrogen (secondary N) is 1. The molecule has 1 aliphatic rings. The summed E-state index contributed by atoms with van der Waals surface area (Å²) in [7, 11) is 0. The lowest BCUT2D eigenvalue weighted by Crippen LogP contribution is -2.50. The highest BCUT2D eigenvalue weighted by molar-refractivity contribution is 5.90. The zero-order valence-electron chi connectivity index (χ0n) is 14.0. The Balaban J connectivity index is 1.68. The quantitative estimate of drug-likeness (QED) is 0.875. The minimum absolute atomic E-state index is 0.131. The number of hydrogen-bond acceptors (Lipinski definition) is 3. The van der Waals surface area contributed by atoms with E-state index in [1.165, 1.54) is 0 Å². The molecule has 1 saturated carbocycles. The van der Waals surface area contributed by atoms with Crippen LogP contribution in [-0.4, -0.2) is 23.6 Å². The van der Waals surface area contributed by atoms with Crippen LogP contribution < -0.4 is 11.1 Å². The summed E-state index contributed by atoms with van der Waals surface area (Å²) in [6.07, 6.45) is 2.51. The van der Waals surface area contributed by atoms with Gasteiger partial charge in [0, 0.05) is 12.8 Å². The lowest BCUT2D eigenvalue weighted by atomic mass is 9.82. The number of fused-ring (bicyclic) bond motifs is 1. The minimum Gasteiger partial charge on any atom is -0.368 e. The second kappa shape index (κ2) is 7.47. The van der Waals surface area contributed by atoms with Crippen molar-refractivity contribution in [1.82, 2.24) is 5.32 Å². The summed E-state index contributed by atoms with van der Waals surface area (Å²) < 4.78 is 0. The third-order valence-corrected chi connectivity index (χ3v) is 4.79. The second-order valence-electron chi connectivity index (χ2n) is 6.70. The number of benzene rings is 2. The predicted octanol–water partition coefficient (Wildman–Crippen LogP) is 2.11. The van der Waals surface area contributed by atoms with E-state index in [1.54, 1.807) is 0 Å². The Hall–Kier alpha value is -2.69. The standard InChI is InChI=1S/C20H22N2O3/c21-20(25)19(16-6-3-7-17(23)12-16)22-18(24)11-13-8-9-14-4-1-2-5-15(14)10-13/h1-2,4-5,8-10,16,19H,3,6-7,11-12H2,(H2,21,25)(H,22,24)/t16-,19-/m1/s1. The van der Waals surface area contributed by atoms with E-state index in [1.807, 2.05) is 42.5 Å². The Morgan fingerprint density at radius 3 is 2.64 bits per heavy atom. The van der Waals surface area contributed by atoms with Gasteiger partial charge in [0.2, 0.25) is 11.8 Å². The Labute approximate surface area is 146 Å². The first-order chi connectivity index (χ1) is 12.0. The molecular weight excluding hydrogens is 316 g/mol. The molecule has 0 spiro atoms. The maximum atomic E-state index is 12.4. The van der Waals surface area contributed by atoms with Gasteiger partial charge < -0.3 is 11.1 Å². The van der Waals surface area contributed by atoms with E-state index in [-0.39, 0.29) is 24.0 Å². The smallest absolute Gasteiger partial charge is 0.240 e. The molecule has 0 unspecified atom stereocenters. The third kappa shape index (κ3) is 4.24. The van der Waals surface area contributed by atoms with E-state index >= 15 is 0 Å². The van der Waals surface area contributed by atoms with Crippen LogP contribution in [0.25, 0.3) is 10.8 Å². The normalized spacial score (nSPS) is 18.7. The van der Waals surface area contributed by atoms with E-state index in [4.69, 9.17) is 5.73 Å². The summed E-state index contributed by atoms with van der Waals surface area (Å²) in [5.74, 6) is -0.894. The van der Waals surface area contributed by atoms with Crippen LogP contribution in [0, 0.1) is 5.92 Å².